The lowest BCUT2D eigenvalue weighted by molar-refractivity contribution is -0.132. The quantitative estimate of drug-likeness (QED) is 0.549. The fraction of sp³-hybridized carbons (Fsp3) is 0.400. The lowest BCUT2D eigenvalue weighted by Crippen LogP contribution is -2.49. The van der Waals surface area contributed by atoms with Crippen molar-refractivity contribution in [3.63, 3.8) is 0 Å². The van der Waals surface area contributed by atoms with E-state index in [1.165, 1.54) is 14.2 Å². The summed E-state index contributed by atoms with van der Waals surface area (Å²) in [5, 5.41) is 0.355. The fourth-order valence-electron chi connectivity index (χ4n) is 4.40. The van der Waals surface area contributed by atoms with Crippen molar-refractivity contribution >= 4 is 28.6 Å². The van der Waals surface area contributed by atoms with Crippen LogP contribution in [0.4, 0.5) is 16.2 Å². The van der Waals surface area contributed by atoms with Gasteiger partial charge in [-0.05, 0) is 25.7 Å². The Balaban J connectivity index is 1.48. The van der Waals surface area contributed by atoms with E-state index in [9.17, 15) is 4.79 Å². The van der Waals surface area contributed by atoms with E-state index < -0.39 is 5.82 Å². The van der Waals surface area contributed by atoms with Crippen molar-refractivity contribution in [2.24, 2.45) is 0 Å². The van der Waals surface area contributed by atoms with Gasteiger partial charge in [0.1, 0.15) is 11.3 Å². The molecular formula is C25H31FN6O3. The number of benzene rings is 2. The molecule has 186 valence electrons. The van der Waals surface area contributed by atoms with Crippen LogP contribution in [0.3, 0.4) is 0 Å². The van der Waals surface area contributed by atoms with E-state index >= 15 is 4.39 Å². The molecule has 0 unspecified atom stereocenters. The standard InChI is InChI=1S/C25H31FN6O3/c1-30(2)18(16-8-6-5-7-9-16)15-20(33)31-10-12-32(13-11-31)25-28-22-17(24(27)29-25)14-19(34-3)23(35-4)21(22)26/h5-9,14,18H,10-13,15H2,1-4H3,(H2,27,28,29)/t18-/m1/s1. The Morgan fingerprint density at radius 2 is 1.80 bits per heavy atom. The van der Waals surface area contributed by atoms with Crippen LogP contribution in [-0.4, -0.2) is 80.2 Å². The van der Waals surface area contributed by atoms with Crippen LogP contribution < -0.4 is 20.1 Å². The van der Waals surface area contributed by atoms with Crippen molar-refractivity contribution in [3.8, 4) is 11.5 Å². The average molecular weight is 483 g/mol. The summed E-state index contributed by atoms with van der Waals surface area (Å²) in [4.78, 5) is 27.8. The number of nitrogen functional groups attached to an aromatic ring is 1. The summed E-state index contributed by atoms with van der Waals surface area (Å²) in [7, 11) is 6.76. The molecule has 0 spiro atoms. The summed E-state index contributed by atoms with van der Waals surface area (Å²) in [5.41, 5.74) is 7.33. The number of nitrogens with two attached hydrogens (primary N) is 1. The van der Waals surface area contributed by atoms with E-state index in [1.807, 2.05) is 54.2 Å². The lowest BCUT2D eigenvalue weighted by Gasteiger charge is -2.36. The zero-order valence-corrected chi connectivity index (χ0v) is 20.5. The fourth-order valence-corrected chi connectivity index (χ4v) is 4.40. The van der Waals surface area contributed by atoms with Crippen LogP contribution in [0, 0.1) is 5.82 Å². The van der Waals surface area contributed by atoms with E-state index in [0.29, 0.717) is 43.9 Å². The molecule has 1 amide bonds. The molecular weight excluding hydrogens is 451 g/mol. The Hall–Kier alpha value is -3.66. The second-order valence-electron chi connectivity index (χ2n) is 8.69. The first-order valence-electron chi connectivity index (χ1n) is 11.5. The lowest BCUT2D eigenvalue weighted by atomic mass is 10.0. The normalized spacial score (nSPS) is 14.9. The van der Waals surface area contributed by atoms with Gasteiger partial charge in [0, 0.05) is 44.0 Å². The molecule has 1 aliphatic heterocycles. The Morgan fingerprint density at radius 1 is 1.11 bits per heavy atom. The maximum atomic E-state index is 15.1. The van der Waals surface area contributed by atoms with Crippen molar-refractivity contribution in [3.05, 3.63) is 47.8 Å². The molecule has 4 rings (SSSR count). The summed E-state index contributed by atoms with van der Waals surface area (Å²) in [5.74, 6) is 0.104. The van der Waals surface area contributed by atoms with Gasteiger partial charge >= 0.3 is 0 Å². The Bertz CT molecular complexity index is 1200. The molecule has 1 aliphatic rings. The smallest absolute Gasteiger partial charge is 0.228 e. The maximum absolute atomic E-state index is 15.1. The molecule has 35 heavy (non-hydrogen) atoms. The molecule has 1 aromatic heterocycles. The number of piperazine rings is 1. The van der Waals surface area contributed by atoms with Gasteiger partial charge in [-0.15, -0.1) is 0 Å². The first-order valence-corrected chi connectivity index (χ1v) is 11.5. The average Bonchev–Trinajstić information content (AvgIpc) is 2.87. The van der Waals surface area contributed by atoms with Gasteiger partial charge in [0.25, 0.3) is 0 Å². The molecule has 0 bridgehead atoms. The number of carbonyl (C=O) groups is 1. The van der Waals surface area contributed by atoms with Crippen LogP contribution in [0.2, 0.25) is 0 Å². The predicted octanol–water partition coefficient (Wildman–Crippen LogP) is 2.71. The van der Waals surface area contributed by atoms with Gasteiger partial charge < -0.3 is 29.9 Å². The number of rotatable bonds is 7. The molecule has 0 radical (unpaired) electrons. The zero-order chi connectivity index (χ0) is 25.1. The number of hydrogen-bond acceptors (Lipinski definition) is 8. The number of halogens is 1. The zero-order valence-electron chi connectivity index (χ0n) is 20.5. The first kappa shape index (κ1) is 24.5. The van der Waals surface area contributed by atoms with Gasteiger partial charge in [0.05, 0.1) is 14.2 Å². The summed E-state index contributed by atoms with van der Waals surface area (Å²) in [6, 6.07) is 11.6. The first-order chi connectivity index (χ1) is 16.8. The number of amides is 1. The topological polar surface area (TPSA) is 97.0 Å². The molecule has 9 nitrogen and oxygen atoms in total. The van der Waals surface area contributed by atoms with E-state index in [0.717, 1.165) is 5.56 Å². The number of methoxy groups -OCH3 is 2. The highest BCUT2D eigenvalue weighted by Gasteiger charge is 2.27. The Morgan fingerprint density at radius 3 is 2.40 bits per heavy atom. The highest BCUT2D eigenvalue weighted by atomic mass is 19.1. The van der Waals surface area contributed by atoms with Gasteiger partial charge in [-0.1, -0.05) is 30.3 Å². The van der Waals surface area contributed by atoms with E-state index in [2.05, 4.69) is 14.9 Å². The van der Waals surface area contributed by atoms with E-state index in [-0.39, 0.29) is 34.8 Å². The van der Waals surface area contributed by atoms with Crippen LogP contribution >= 0.6 is 0 Å². The molecule has 2 heterocycles. The van der Waals surface area contributed by atoms with Crippen molar-refractivity contribution in [2.45, 2.75) is 12.5 Å². The highest BCUT2D eigenvalue weighted by Crippen LogP contribution is 2.37. The number of anilines is 2. The number of aromatic nitrogens is 2. The summed E-state index contributed by atoms with van der Waals surface area (Å²) in [6.45, 7) is 2.07. The van der Waals surface area contributed by atoms with E-state index in [4.69, 9.17) is 15.2 Å². The van der Waals surface area contributed by atoms with Crippen molar-refractivity contribution in [1.82, 2.24) is 19.8 Å². The largest absolute Gasteiger partial charge is 0.493 e. The summed E-state index contributed by atoms with van der Waals surface area (Å²) < 4.78 is 25.5. The Kier molecular flexibility index (Phi) is 7.20. The number of fused-ring (bicyclic) bond motifs is 1. The summed E-state index contributed by atoms with van der Waals surface area (Å²) in [6.07, 6.45) is 0.392. The molecule has 10 heteroatoms. The summed E-state index contributed by atoms with van der Waals surface area (Å²) >= 11 is 0. The van der Waals surface area contributed by atoms with Gasteiger partial charge in [0.2, 0.25) is 11.9 Å². The molecule has 1 atom stereocenters. The second-order valence-corrected chi connectivity index (χ2v) is 8.69. The molecule has 2 N–H and O–H groups in total. The van der Waals surface area contributed by atoms with Crippen LogP contribution in [0.25, 0.3) is 10.9 Å². The SMILES string of the molecule is COc1cc2c(N)nc(N3CCN(C(=O)C[C@H](c4ccccc4)N(C)C)CC3)nc2c(F)c1OC. The van der Waals surface area contributed by atoms with Gasteiger partial charge in [-0.3, -0.25) is 4.79 Å². The van der Waals surface area contributed by atoms with Crippen molar-refractivity contribution < 1.29 is 18.7 Å². The number of nitrogens with zero attached hydrogens (tertiary/aromatic N) is 5. The highest BCUT2D eigenvalue weighted by molar-refractivity contribution is 5.92. The van der Waals surface area contributed by atoms with Crippen LogP contribution in [0.5, 0.6) is 11.5 Å². The monoisotopic (exact) mass is 482 g/mol. The van der Waals surface area contributed by atoms with Crippen molar-refractivity contribution in [1.29, 1.82) is 0 Å². The second kappa shape index (κ2) is 10.3. The third-order valence-corrected chi connectivity index (χ3v) is 6.38. The maximum Gasteiger partial charge on any atom is 0.228 e. The van der Waals surface area contributed by atoms with E-state index in [1.54, 1.807) is 6.07 Å². The minimum absolute atomic E-state index is 0.000274. The minimum atomic E-state index is -0.651. The predicted molar refractivity (Wildman–Crippen MR) is 133 cm³/mol. The third-order valence-electron chi connectivity index (χ3n) is 6.38. The minimum Gasteiger partial charge on any atom is -0.493 e. The van der Waals surface area contributed by atoms with Crippen LogP contribution in [0.15, 0.2) is 36.4 Å². The van der Waals surface area contributed by atoms with Crippen molar-refractivity contribution in [2.75, 3.05) is 65.1 Å². The van der Waals surface area contributed by atoms with Crippen LogP contribution in [0.1, 0.15) is 18.0 Å². The van der Waals surface area contributed by atoms with Crippen LogP contribution in [-0.2, 0) is 4.79 Å². The molecule has 1 saturated heterocycles. The molecule has 3 aromatic rings. The Labute approximate surface area is 204 Å². The van der Waals surface area contributed by atoms with Gasteiger partial charge in [0.15, 0.2) is 17.3 Å². The molecule has 0 saturated carbocycles. The molecule has 1 fully saturated rings. The third kappa shape index (κ3) is 4.93. The number of carbonyl (C=O) groups excluding carboxylic acids is 1. The molecule has 0 aliphatic carbocycles. The number of hydrogen-bond donors (Lipinski definition) is 1. The molecule has 2 aromatic carbocycles. The van der Waals surface area contributed by atoms with Gasteiger partial charge in [-0.2, -0.15) is 4.98 Å². The van der Waals surface area contributed by atoms with Gasteiger partial charge in [-0.25, -0.2) is 9.37 Å². The number of ether oxygens (including phenoxy) is 2.